The maximum atomic E-state index is 13.2. The molecule has 1 aromatic rings. The van der Waals surface area contributed by atoms with Crippen LogP contribution in [0.4, 0.5) is 35.1 Å². The Hall–Kier alpha value is -1.34. The standard InChI is InChI=1S/C15H16F8/c1-12(2,3)10-6-5-8(7-9(10)11(16)17)13(4,14(18,19)20)15(21,22)23/h5-7,11H,1-4H3. The number of rotatable bonds is 2. The van der Waals surface area contributed by atoms with Gasteiger partial charge in [0.05, 0.1) is 0 Å². The summed E-state index contributed by atoms with van der Waals surface area (Å²) >= 11 is 0. The number of hydrogen-bond donors (Lipinski definition) is 0. The van der Waals surface area contributed by atoms with Gasteiger partial charge in [-0.3, -0.25) is 0 Å². The fraction of sp³-hybridized carbons (Fsp3) is 0.600. The summed E-state index contributed by atoms with van der Waals surface area (Å²) < 4.78 is 105. The summed E-state index contributed by atoms with van der Waals surface area (Å²) in [4.78, 5) is 0. The summed E-state index contributed by atoms with van der Waals surface area (Å²) in [7, 11) is 0. The first-order chi connectivity index (χ1) is 10.0. The Morgan fingerprint density at radius 1 is 0.783 bits per heavy atom. The lowest BCUT2D eigenvalue weighted by atomic mass is 9.76. The van der Waals surface area contributed by atoms with Gasteiger partial charge in [0.1, 0.15) is 0 Å². The van der Waals surface area contributed by atoms with E-state index in [4.69, 9.17) is 0 Å². The summed E-state index contributed by atoms with van der Waals surface area (Å²) in [5.74, 6) is 0. The van der Waals surface area contributed by atoms with Gasteiger partial charge >= 0.3 is 12.4 Å². The highest BCUT2D eigenvalue weighted by atomic mass is 19.4. The third-order valence-electron chi connectivity index (χ3n) is 3.81. The van der Waals surface area contributed by atoms with Gasteiger partial charge < -0.3 is 0 Å². The summed E-state index contributed by atoms with van der Waals surface area (Å²) in [6.45, 7) is 4.58. The maximum Gasteiger partial charge on any atom is 0.406 e. The van der Waals surface area contributed by atoms with Crippen LogP contribution in [0.1, 0.15) is 50.8 Å². The smallest absolute Gasteiger partial charge is 0.205 e. The zero-order chi connectivity index (χ0) is 18.4. The predicted molar refractivity (Wildman–Crippen MR) is 69.6 cm³/mol. The van der Waals surface area contributed by atoms with Gasteiger partial charge in [0.2, 0.25) is 0 Å². The highest BCUT2D eigenvalue weighted by Gasteiger charge is 2.68. The number of benzene rings is 1. The second kappa shape index (κ2) is 5.63. The first kappa shape index (κ1) is 19.7. The first-order valence-corrected chi connectivity index (χ1v) is 6.60. The second-order valence-electron chi connectivity index (χ2n) is 6.47. The van der Waals surface area contributed by atoms with Crippen molar-refractivity contribution in [3.63, 3.8) is 0 Å². The van der Waals surface area contributed by atoms with Crippen molar-refractivity contribution >= 4 is 0 Å². The summed E-state index contributed by atoms with van der Waals surface area (Å²) in [5.41, 5.74) is -7.14. The molecule has 0 fully saturated rings. The minimum Gasteiger partial charge on any atom is -0.205 e. The molecule has 0 N–H and O–H groups in total. The van der Waals surface area contributed by atoms with Crippen molar-refractivity contribution < 1.29 is 35.1 Å². The summed E-state index contributed by atoms with van der Waals surface area (Å²) in [6.07, 6.45) is -14.5. The van der Waals surface area contributed by atoms with E-state index in [9.17, 15) is 35.1 Å². The van der Waals surface area contributed by atoms with Crippen molar-refractivity contribution in [2.45, 2.75) is 57.3 Å². The van der Waals surface area contributed by atoms with Gasteiger partial charge in [0.25, 0.3) is 6.43 Å². The first-order valence-electron chi connectivity index (χ1n) is 6.60. The molecule has 0 amide bonds. The van der Waals surface area contributed by atoms with Crippen molar-refractivity contribution in [1.82, 2.24) is 0 Å². The van der Waals surface area contributed by atoms with Gasteiger partial charge in [0, 0.05) is 5.56 Å². The third kappa shape index (κ3) is 3.45. The maximum absolute atomic E-state index is 13.2. The zero-order valence-corrected chi connectivity index (χ0v) is 12.8. The monoisotopic (exact) mass is 348 g/mol. The Balaban J connectivity index is 3.70. The Bertz CT molecular complexity index is 546. The molecule has 1 rings (SSSR count). The van der Waals surface area contributed by atoms with Gasteiger partial charge in [-0.25, -0.2) is 8.78 Å². The largest absolute Gasteiger partial charge is 0.406 e. The minimum atomic E-state index is -5.67. The zero-order valence-electron chi connectivity index (χ0n) is 12.8. The van der Waals surface area contributed by atoms with E-state index in [0.717, 1.165) is 6.07 Å². The number of alkyl halides is 8. The lowest BCUT2D eigenvalue weighted by Gasteiger charge is -2.35. The van der Waals surface area contributed by atoms with Crippen LogP contribution >= 0.6 is 0 Å². The average molecular weight is 348 g/mol. The average Bonchev–Trinajstić information content (AvgIpc) is 2.33. The van der Waals surface area contributed by atoms with Crippen LogP contribution in [0.2, 0.25) is 0 Å². The van der Waals surface area contributed by atoms with Crippen molar-refractivity contribution in [3.8, 4) is 0 Å². The fourth-order valence-corrected chi connectivity index (χ4v) is 2.23. The third-order valence-corrected chi connectivity index (χ3v) is 3.81. The van der Waals surface area contributed by atoms with Crippen molar-refractivity contribution in [3.05, 3.63) is 34.9 Å². The van der Waals surface area contributed by atoms with Crippen LogP contribution in [0.15, 0.2) is 18.2 Å². The molecule has 0 saturated heterocycles. The Morgan fingerprint density at radius 3 is 1.52 bits per heavy atom. The molecule has 0 aliphatic rings. The van der Waals surface area contributed by atoms with E-state index in [1.165, 1.54) is 0 Å². The van der Waals surface area contributed by atoms with Crippen LogP contribution in [-0.4, -0.2) is 12.4 Å². The Labute approximate surface area is 128 Å². The fourth-order valence-electron chi connectivity index (χ4n) is 2.23. The molecule has 0 radical (unpaired) electrons. The van der Waals surface area contributed by atoms with Crippen LogP contribution in [-0.2, 0) is 10.8 Å². The van der Waals surface area contributed by atoms with E-state index < -0.39 is 40.7 Å². The van der Waals surface area contributed by atoms with Crippen LogP contribution in [0.3, 0.4) is 0 Å². The Morgan fingerprint density at radius 2 is 1.22 bits per heavy atom. The van der Waals surface area contributed by atoms with Gasteiger partial charge in [-0.2, -0.15) is 26.3 Å². The molecule has 0 heterocycles. The van der Waals surface area contributed by atoms with Crippen LogP contribution in [0.25, 0.3) is 0 Å². The van der Waals surface area contributed by atoms with Crippen LogP contribution in [0, 0.1) is 0 Å². The van der Waals surface area contributed by atoms with E-state index >= 15 is 0 Å². The van der Waals surface area contributed by atoms with Gasteiger partial charge in [-0.05, 0) is 29.5 Å². The molecule has 0 nitrogen and oxygen atoms in total. The van der Waals surface area contributed by atoms with Gasteiger partial charge in [-0.15, -0.1) is 0 Å². The van der Waals surface area contributed by atoms with Crippen LogP contribution < -0.4 is 0 Å². The molecule has 0 aromatic heterocycles. The molecule has 0 saturated carbocycles. The van der Waals surface area contributed by atoms with Gasteiger partial charge in [-0.1, -0.05) is 32.9 Å². The van der Waals surface area contributed by atoms with Crippen molar-refractivity contribution in [2.24, 2.45) is 0 Å². The highest BCUT2D eigenvalue weighted by molar-refractivity contribution is 5.41. The highest BCUT2D eigenvalue weighted by Crippen LogP contribution is 2.52. The van der Waals surface area contributed by atoms with E-state index in [-0.39, 0.29) is 12.5 Å². The molecular formula is C15H16F8. The van der Waals surface area contributed by atoms with E-state index in [1.54, 1.807) is 20.8 Å². The topological polar surface area (TPSA) is 0 Å². The lowest BCUT2D eigenvalue weighted by Crippen LogP contribution is -2.51. The molecule has 0 spiro atoms. The SMILES string of the molecule is CC(C)(C)c1ccc(C(C)(C(F)(F)F)C(F)(F)F)cc1C(F)F. The lowest BCUT2D eigenvalue weighted by molar-refractivity contribution is -0.297. The van der Waals surface area contributed by atoms with E-state index in [1.807, 2.05) is 0 Å². The Kier molecular flexibility index (Phi) is 4.82. The minimum absolute atomic E-state index is 0.00273. The van der Waals surface area contributed by atoms with E-state index in [2.05, 4.69) is 0 Å². The molecule has 1 aromatic carbocycles. The molecule has 0 aliphatic heterocycles. The molecule has 132 valence electrons. The molecule has 0 unspecified atom stereocenters. The molecule has 8 heteroatoms. The molecule has 23 heavy (non-hydrogen) atoms. The normalized spacial score (nSPS) is 14.5. The van der Waals surface area contributed by atoms with Crippen molar-refractivity contribution in [1.29, 1.82) is 0 Å². The predicted octanol–water partition coefficient (Wildman–Crippen LogP) is 6.30. The quantitative estimate of drug-likeness (QED) is 0.550. The molecule has 0 bridgehead atoms. The van der Waals surface area contributed by atoms with Gasteiger partial charge in [0.15, 0.2) is 5.41 Å². The van der Waals surface area contributed by atoms with E-state index in [0.29, 0.717) is 12.1 Å². The number of hydrogen-bond acceptors (Lipinski definition) is 0. The van der Waals surface area contributed by atoms with Crippen molar-refractivity contribution in [2.75, 3.05) is 0 Å². The summed E-state index contributed by atoms with van der Waals surface area (Å²) in [5, 5.41) is 0. The molecule has 0 aliphatic carbocycles. The summed E-state index contributed by atoms with van der Waals surface area (Å²) in [6, 6.07) is 1.84. The number of halogens is 8. The molecule has 0 atom stereocenters. The molecular weight excluding hydrogens is 332 g/mol. The van der Waals surface area contributed by atoms with Crippen LogP contribution in [0.5, 0.6) is 0 Å². The second-order valence-corrected chi connectivity index (χ2v) is 6.47.